The van der Waals surface area contributed by atoms with Crippen molar-refractivity contribution in [3.05, 3.63) is 35.4 Å². The fourth-order valence-corrected chi connectivity index (χ4v) is 4.04. The lowest BCUT2D eigenvalue weighted by molar-refractivity contribution is 0.0877. The van der Waals surface area contributed by atoms with Gasteiger partial charge in [-0.05, 0) is 69.0 Å². The molecule has 0 bridgehead atoms. The van der Waals surface area contributed by atoms with Crippen LogP contribution in [0.4, 0.5) is 0 Å². The van der Waals surface area contributed by atoms with Gasteiger partial charge >= 0.3 is 0 Å². The Labute approximate surface area is 144 Å². The second-order valence-electron chi connectivity index (χ2n) is 7.17. The molecule has 24 heavy (non-hydrogen) atoms. The maximum Gasteiger partial charge on any atom is 0.251 e. The highest BCUT2D eigenvalue weighted by Crippen LogP contribution is 2.26. The molecule has 1 heterocycles. The van der Waals surface area contributed by atoms with E-state index in [0.717, 1.165) is 13.0 Å². The molecule has 1 saturated heterocycles. The highest BCUT2D eigenvalue weighted by Gasteiger charge is 2.28. The van der Waals surface area contributed by atoms with Crippen molar-refractivity contribution >= 4 is 5.91 Å². The first-order valence-corrected chi connectivity index (χ1v) is 9.29. The standard InChI is InChI=1S/C20H27N3O/c21-14-16-8-10-17(11-9-16)20(24)22-19-7-3-2-6-18(19)15-23-12-4-1-5-13-23/h8-11,18-19H,1-7,12-13,15H2,(H,22,24). The van der Waals surface area contributed by atoms with Gasteiger partial charge in [0.15, 0.2) is 0 Å². The number of amides is 1. The Balaban J connectivity index is 1.59. The van der Waals surface area contributed by atoms with Gasteiger partial charge in [-0.15, -0.1) is 0 Å². The van der Waals surface area contributed by atoms with Crippen LogP contribution in [0.2, 0.25) is 0 Å². The molecule has 2 fully saturated rings. The Kier molecular flexibility index (Phi) is 5.87. The molecule has 1 aromatic rings. The minimum atomic E-state index is -0.00460. The third kappa shape index (κ3) is 4.36. The van der Waals surface area contributed by atoms with Crippen molar-refractivity contribution in [1.29, 1.82) is 5.26 Å². The topological polar surface area (TPSA) is 56.1 Å². The van der Waals surface area contributed by atoms with E-state index in [0.29, 0.717) is 17.0 Å². The summed E-state index contributed by atoms with van der Waals surface area (Å²) >= 11 is 0. The molecule has 2 unspecified atom stereocenters. The number of nitriles is 1. The van der Waals surface area contributed by atoms with Gasteiger partial charge in [-0.2, -0.15) is 5.26 Å². The van der Waals surface area contributed by atoms with Crippen LogP contribution in [0.5, 0.6) is 0 Å². The van der Waals surface area contributed by atoms with E-state index in [9.17, 15) is 4.79 Å². The Hall–Kier alpha value is -1.86. The fraction of sp³-hybridized carbons (Fsp3) is 0.600. The van der Waals surface area contributed by atoms with Crippen LogP contribution in [0.15, 0.2) is 24.3 Å². The monoisotopic (exact) mass is 325 g/mol. The normalized spacial score (nSPS) is 25.0. The highest BCUT2D eigenvalue weighted by molar-refractivity contribution is 5.94. The molecule has 2 aliphatic rings. The van der Waals surface area contributed by atoms with Gasteiger partial charge in [-0.3, -0.25) is 4.79 Å². The van der Waals surface area contributed by atoms with Crippen LogP contribution in [0.1, 0.15) is 60.9 Å². The highest BCUT2D eigenvalue weighted by atomic mass is 16.1. The zero-order chi connectivity index (χ0) is 16.8. The van der Waals surface area contributed by atoms with Gasteiger partial charge in [0.2, 0.25) is 0 Å². The smallest absolute Gasteiger partial charge is 0.251 e. The van der Waals surface area contributed by atoms with Crippen LogP contribution in [0.25, 0.3) is 0 Å². The minimum absolute atomic E-state index is 0.00460. The van der Waals surface area contributed by atoms with Gasteiger partial charge in [0.1, 0.15) is 0 Å². The van der Waals surface area contributed by atoms with Gasteiger partial charge in [-0.25, -0.2) is 0 Å². The minimum Gasteiger partial charge on any atom is -0.349 e. The van der Waals surface area contributed by atoms with Crippen molar-refractivity contribution in [2.24, 2.45) is 5.92 Å². The molecule has 4 heteroatoms. The summed E-state index contributed by atoms with van der Waals surface area (Å²) in [5.74, 6) is 0.564. The van der Waals surface area contributed by atoms with Gasteiger partial charge in [0.25, 0.3) is 5.91 Å². The molecule has 1 aliphatic heterocycles. The molecule has 0 aromatic heterocycles. The number of benzene rings is 1. The van der Waals surface area contributed by atoms with Crippen LogP contribution in [-0.2, 0) is 0 Å². The van der Waals surface area contributed by atoms with Crippen molar-refractivity contribution in [3.8, 4) is 6.07 Å². The maximum atomic E-state index is 12.5. The summed E-state index contributed by atoms with van der Waals surface area (Å²) in [4.78, 5) is 15.1. The van der Waals surface area contributed by atoms with Gasteiger partial charge in [0, 0.05) is 18.2 Å². The number of carbonyl (C=O) groups excluding carboxylic acids is 1. The third-order valence-electron chi connectivity index (χ3n) is 5.44. The van der Waals surface area contributed by atoms with Crippen LogP contribution in [-0.4, -0.2) is 36.5 Å². The Morgan fingerprint density at radius 1 is 1.08 bits per heavy atom. The zero-order valence-electron chi connectivity index (χ0n) is 14.3. The first-order chi connectivity index (χ1) is 11.8. The third-order valence-corrected chi connectivity index (χ3v) is 5.44. The zero-order valence-corrected chi connectivity index (χ0v) is 14.3. The number of likely N-dealkylation sites (tertiary alicyclic amines) is 1. The summed E-state index contributed by atoms with van der Waals surface area (Å²) < 4.78 is 0. The van der Waals surface area contributed by atoms with Crippen molar-refractivity contribution in [1.82, 2.24) is 10.2 Å². The van der Waals surface area contributed by atoms with Gasteiger partial charge in [-0.1, -0.05) is 19.3 Å². The maximum absolute atomic E-state index is 12.5. The fourth-order valence-electron chi connectivity index (χ4n) is 4.04. The molecule has 1 aromatic carbocycles. The molecule has 1 saturated carbocycles. The van der Waals surface area contributed by atoms with Crippen molar-refractivity contribution in [2.75, 3.05) is 19.6 Å². The second-order valence-corrected chi connectivity index (χ2v) is 7.17. The van der Waals surface area contributed by atoms with Gasteiger partial charge < -0.3 is 10.2 Å². The van der Waals surface area contributed by atoms with E-state index in [-0.39, 0.29) is 11.9 Å². The van der Waals surface area contributed by atoms with E-state index < -0.39 is 0 Å². The van der Waals surface area contributed by atoms with E-state index in [1.54, 1.807) is 24.3 Å². The summed E-state index contributed by atoms with van der Waals surface area (Å²) in [7, 11) is 0. The molecular weight excluding hydrogens is 298 g/mol. The van der Waals surface area contributed by atoms with Crippen LogP contribution in [0, 0.1) is 17.2 Å². The number of hydrogen-bond acceptors (Lipinski definition) is 3. The molecule has 0 spiro atoms. The van der Waals surface area contributed by atoms with E-state index in [1.165, 1.54) is 51.6 Å². The predicted molar refractivity (Wildman–Crippen MR) is 94.7 cm³/mol. The lowest BCUT2D eigenvalue weighted by atomic mass is 9.83. The van der Waals surface area contributed by atoms with E-state index in [2.05, 4.69) is 16.3 Å². The molecule has 3 rings (SSSR count). The quantitative estimate of drug-likeness (QED) is 0.924. The molecule has 1 aliphatic carbocycles. The van der Waals surface area contributed by atoms with E-state index >= 15 is 0 Å². The van der Waals surface area contributed by atoms with E-state index in [1.807, 2.05) is 0 Å². The Bertz CT molecular complexity index is 584. The molecular formula is C20H27N3O. The lowest BCUT2D eigenvalue weighted by Gasteiger charge is -2.37. The number of nitrogens with zero attached hydrogens (tertiary/aromatic N) is 2. The van der Waals surface area contributed by atoms with Crippen LogP contribution < -0.4 is 5.32 Å². The molecule has 4 nitrogen and oxygen atoms in total. The average Bonchev–Trinajstić information content (AvgIpc) is 2.64. The number of nitrogens with one attached hydrogen (secondary N) is 1. The molecule has 128 valence electrons. The SMILES string of the molecule is N#Cc1ccc(C(=O)NC2CCCCC2CN2CCCCC2)cc1. The Morgan fingerprint density at radius 3 is 2.50 bits per heavy atom. The van der Waals surface area contributed by atoms with Crippen LogP contribution in [0.3, 0.4) is 0 Å². The molecule has 1 amide bonds. The summed E-state index contributed by atoms with van der Waals surface area (Å²) in [5.41, 5.74) is 1.24. The lowest BCUT2D eigenvalue weighted by Crippen LogP contribution is -2.47. The molecule has 0 radical (unpaired) electrons. The summed E-state index contributed by atoms with van der Waals surface area (Å²) in [6, 6.07) is 9.28. The average molecular weight is 325 g/mol. The number of carbonyl (C=O) groups is 1. The van der Waals surface area contributed by atoms with E-state index in [4.69, 9.17) is 5.26 Å². The van der Waals surface area contributed by atoms with Crippen molar-refractivity contribution in [3.63, 3.8) is 0 Å². The predicted octanol–water partition coefficient (Wildman–Crippen LogP) is 3.33. The summed E-state index contributed by atoms with van der Waals surface area (Å²) in [6.07, 6.45) is 8.77. The summed E-state index contributed by atoms with van der Waals surface area (Å²) in [6.45, 7) is 3.55. The largest absolute Gasteiger partial charge is 0.349 e. The number of piperidine rings is 1. The van der Waals surface area contributed by atoms with Gasteiger partial charge in [0.05, 0.1) is 11.6 Å². The Morgan fingerprint density at radius 2 is 1.79 bits per heavy atom. The molecule has 1 N–H and O–H groups in total. The second kappa shape index (κ2) is 8.30. The van der Waals surface area contributed by atoms with Crippen molar-refractivity contribution in [2.45, 2.75) is 51.0 Å². The first kappa shape index (κ1) is 17.0. The summed E-state index contributed by atoms with van der Waals surface area (Å²) in [5, 5.41) is 12.1. The van der Waals surface area contributed by atoms with Crippen molar-refractivity contribution < 1.29 is 4.79 Å². The molecule has 2 atom stereocenters. The first-order valence-electron chi connectivity index (χ1n) is 9.29. The number of hydrogen-bond donors (Lipinski definition) is 1. The number of rotatable bonds is 4. The van der Waals surface area contributed by atoms with Crippen LogP contribution >= 0.6 is 0 Å².